The van der Waals surface area contributed by atoms with Gasteiger partial charge in [-0.2, -0.15) is 0 Å². The fourth-order valence-electron chi connectivity index (χ4n) is 4.90. The van der Waals surface area contributed by atoms with Crippen molar-refractivity contribution in [3.63, 3.8) is 0 Å². The number of benzene rings is 3. The number of carbonyl (C=O) groups excluding carboxylic acids is 1. The summed E-state index contributed by atoms with van der Waals surface area (Å²) < 4.78 is 3.04. The van der Waals surface area contributed by atoms with Crippen LogP contribution >= 0.6 is 22.6 Å². The molecule has 7 heteroatoms. The fraction of sp³-hybridized carbons (Fsp3) is 0.308. The Morgan fingerprint density at radius 3 is 2.64 bits per heavy atom. The maximum absolute atomic E-state index is 12.8. The van der Waals surface area contributed by atoms with Gasteiger partial charge in [0, 0.05) is 40.9 Å². The van der Waals surface area contributed by atoms with Crippen LogP contribution in [0.25, 0.3) is 21.8 Å². The number of nitrogens with one attached hydrogen (secondary N) is 2. The van der Waals surface area contributed by atoms with Gasteiger partial charge in [0.1, 0.15) is 0 Å². The number of hydrogen-bond acceptors (Lipinski definition) is 3. The Hall–Kier alpha value is -2.65. The molecule has 5 rings (SSSR count). The quantitative estimate of drug-likeness (QED) is 0.356. The Bertz CT molecular complexity index is 1370. The van der Waals surface area contributed by atoms with Gasteiger partial charge in [0.15, 0.2) is 0 Å². The summed E-state index contributed by atoms with van der Waals surface area (Å²) in [6.45, 7) is 4.67. The molecule has 6 nitrogen and oxygen atoms in total. The van der Waals surface area contributed by atoms with E-state index in [1.807, 2.05) is 65.2 Å². The van der Waals surface area contributed by atoms with Crippen LogP contribution in [0.1, 0.15) is 36.2 Å². The monoisotopic (exact) mass is 554 g/mol. The molecule has 1 atom stereocenters. The molecule has 2 N–H and O–H groups in total. The topological polar surface area (TPSA) is 70.1 Å². The summed E-state index contributed by atoms with van der Waals surface area (Å²) in [6, 6.07) is 20.2. The van der Waals surface area contributed by atoms with E-state index in [1.54, 1.807) is 0 Å². The van der Waals surface area contributed by atoms with Crippen LogP contribution in [0.2, 0.25) is 0 Å². The maximum Gasteiger partial charge on any atom is 0.326 e. The van der Waals surface area contributed by atoms with Crippen molar-refractivity contribution < 1.29 is 4.79 Å². The number of piperidine rings is 1. The normalized spacial score (nSPS) is 16.3. The SMILES string of the molecule is C[C@@H](CN1CCC(n2c(=O)[nH]c3cc(I)ccc32)CC1)NC(=O)c1ccc2ccccc2c1. The molecule has 33 heavy (non-hydrogen) atoms. The number of aromatic amines is 1. The number of hydrogen-bond donors (Lipinski definition) is 2. The molecule has 3 aromatic carbocycles. The van der Waals surface area contributed by atoms with E-state index < -0.39 is 0 Å². The largest absolute Gasteiger partial charge is 0.348 e. The highest BCUT2D eigenvalue weighted by molar-refractivity contribution is 14.1. The van der Waals surface area contributed by atoms with E-state index >= 15 is 0 Å². The molecular weight excluding hydrogens is 527 g/mol. The molecule has 0 spiro atoms. The molecule has 170 valence electrons. The van der Waals surface area contributed by atoms with Crippen LogP contribution in [-0.4, -0.2) is 46.0 Å². The van der Waals surface area contributed by atoms with Gasteiger partial charge in [0.2, 0.25) is 0 Å². The minimum atomic E-state index is -0.0388. The van der Waals surface area contributed by atoms with Crippen LogP contribution in [0.3, 0.4) is 0 Å². The molecule has 0 unspecified atom stereocenters. The summed E-state index contributed by atoms with van der Waals surface area (Å²) in [7, 11) is 0. The highest BCUT2D eigenvalue weighted by Gasteiger charge is 2.25. The van der Waals surface area contributed by atoms with Crippen LogP contribution in [0.4, 0.5) is 0 Å². The van der Waals surface area contributed by atoms with Crippen LogP contribution in [0, 0.1) is 3.57 Å². The second kappa shape index (κ2) is 9.30. The summed E-state index contributed by atoms with van der Waals surface area (Å²) in [5.74, 6) is -0.0388. The number of carbonyl (C=O) groups is 1. The lowest BCUT2D eigenvalue weighted by Crippen LogP contribution is -2.45. The molecule has 1 saturated heterocycles. The van der Waals surface area contributed by atoms with E-state index in [-0.39, 0.29) is 23.7 Å². The number of halogens is 1. The average molecular weight is 554 g/mol. The van der Waals surface area contributed by atoms with Gasteiger partial charge in [0.05, 0.1) is 11.0 Å². The molecule has 1 fully saturated rings. The first-order chi connectivity index (χ1) is 16.0. The second-order valence-corrected chi connectivity index (χ2v) is 10.2. The lowest BCUT2D eigenvalue weighted by Gasteiger charge is -2.34. The molecule has 0 saturated carbocycles. The van der Waals surface area contributed by atoms with E-state index in [4.69, 9.17) is 0 Å². The predicted octanol–water partition coefficient (Wildman–Crippen LogP) is 4.54. The zero-order valence-electron chi connectivity index (χ0n) is 18.6. The van der Waals surface area contributed by atoms with Gasteiger partial charge in [-0.15, -0.1) is 0 Å². The molecule has 0 radical (unpaired) electrons. The zero-order valence-corrected chi connectivity index (χ0v) is 20.7. The number of H-pyrrole nitrogens is 1. The maximum atomic E-state index is 12.8. The van der Waals surface area contributed by atoms with Gasteiger partial charge in [-0.25, -0.2) is 4.79 Å². The minimum absolute atomic E-state index is 0.0264. The van der Waals surface area contributed by atoms with Crippen molar-refractivity contribution in [1.29, 1.82) is 0 Å². The smallest absolute Gasteiger partial charge is 0.326 e. The van der Waals surface area contributed by atoms with Crippen molar-refractivity contribution in [1.82, 2.24) is 19.8 Å². The average Bonchev–Trinajstić information content (AvgIpc) is 3.13. The fourth-order valence-corrected chi connectivity index (χ4v) is 5.39. The van der Waals surface area contributed by atoms with Crippen molar-refractivity contribution in [2.45, 2.75) is 31.8 Å². The van der Waals surface area contributed by atoms with E-state index in [2.05, 4.69) is 44.7 Å². The van der Waals surface area contributed by atoms with E-state index in [1.165, 1.54) is 0 Å². The van der Waals surface area contributed by atoms with Gasteiger partial charge < -0.3 is 15.2 Å². The molecule has 1 aliphatic rings. The number of likely N-dealkylation sites (tertiary alicyclic amines) is 1. The number of fused-ring (bicyclic) bond motifs is 2. The van der Waals surface area contributed by atoms with Gasteiger partial charge in [0.25, 0.3) is 5.91 Å². The highest BCUT2D eigenvalue weighted by Crippen LogP contribution is 2.25. The lowest BCUT2D eigenvalue weighted by atomic mass is 10.0. The van der Waals surface area contributed by atoms with Gasteiger partial charge >= 0.3 is 5.69 Å². The Morgan fingerprint density at radius 1 is 1.09 bits per heavy atom. The first kappa shape index (κ1) is 22.2. The lowest BCUT2D eigenvalue weighted by molar-refractivity contribution is 0.0921. The molecule has 1 amide bonds. The molecule has 2 heterocycles. The minimum Gasteiger partial charge on any atom is -0.348 e. The first-order valence-corrected chi connectivity index (χ1v) is 12.5. The van der Waals surface area contributed by atoms with Gasteiger partial charge in [-0.1, -0.05) is 30.3 Å². The summed E-state index contributed by atoms with van der Waals surface area (Å²) in [6.07, 6.45) is 1.84. The van der Waals surface area contributed by atoms with Gasteiger partial charge in [-0.3, -0.25) is 9.36 Å². The summed E-state index contributed by atoms with van der Waals surface area (Å²) in [4.78, 5) is 30.7. The summed E-state index contributed by atoms with van der Waals surface area (Å²) >= 11 is 2.26. The third-order valence-corrected chi connectivity index (χ3v) is 7.19. The number of aromatic nitrogens is 2. The van der Waals surface area contributed by atoms with E-state index in [0.717, 1.165) is 57.9 Å². The summed E-state index contributed by atoms with van der Waals surface area (Å²) in [5.41, 5.74) is 2.54. The third kappa shape index (κ3) is 4.70. The zero-order chi connectivity index (χ0) is 22.9. The summed E-state index contributed by atoms with van der Waals surface area (Å²) in [5, 5.41) is 5.35. The molecule has 1 aliphatic heterocycles. The molecule has 4 aromatic rings. The number of rotatable bonds is 5. The standard InChI is InChI=1S/C26H27IN4O2/c1-17(28-25(32)20-7-6-18-4-2-3-5-19(18)14-20)16-30-12-10-22(11-13-30)31-24-9-8-21(27)15-23(24)29-26(31)33/h2-9,14-15,17,22H,10-13,16H2,1H3,(H,28,32)(H,29,33)/t17-/m0/s1. The Balaban J connectivity index is 1.18. The Morgan fingerprint density at radius 2 is 1.85 bits per heavy atom. The number of nitrogens with zero attached hydrogens (tertiary/aromatic N) is 2. The number of imidazole rings is 1. The van der Waals surface area contributed by atoms with Crippen molar-refractivity contribution in [3.05, 3.63) is 80.3 Å². The number of amides is 1. The third-order valence-electron chi connectivity index (χ3n) is 6.52. The molecule has 1 aromatic heterocycles. The molecule has 0 bridgehead atoms. The van der Waals surface area contributed by atoms with E-state index in [9.17, 15) is 9.59 Å². The van der Waals surface area contributed by atoms with E-state index in [0.29, 0.717) is 5.56 Å². The van der Waals surface area contributed by atoms with Crippen molar-refractivity contribution >= 4 is 50.3 Å². The molecular formula is C26H27IN4O2. The van der Waals surface area contributed by atoms with Crippen LogP contribution in [-0.2, 0) is 0 Å². The van der Waals surface area contributed by atoms with Crippen molar-refractivity contribution in [2.75, 3.05) is 19.6 Å². The predicted molar refractivity (Wildman–Crippen MR) is 141 cm³/mol. The van der Waals surface area contributed by atoms with Crippen LogP contribution in [0.5, 0.6) is 0 Å². The highest BCUT2D eigenvalue weighted by atomic mass is 127. The second-order valence-electron chi connectivity index (χ2n) is 8.93. The van der Waals surface area contributed by atoms with Crippen molar-refractivity contribution in [2.24, 2.45) is 0 Å². The first-order valence-electron chi connectivity index (χ1n) is 11.4. The molecule has 0 aliphatic carbocycles. The Kier molecular flexibility index (Phi) is 6.25. The van der Waals surface area contributed by atoms with Crippen molar-refractivity contribution in [3.8, 4) is 0 Å². The van der Waals surface area contributed by atoms with Gasteiger partial charge in [-0.05, 0) is 83.5 Å². The van der Waals surface area contributed by atoms with Crippen LogP contribution in [0.15, 0.2) is 65.5 Å². The van der Waals surface area contributed by atoms with Crippen LogP contribution < -0.4 is 11.0 Å². The Labute approximate surface area is 206 Å².